The molecule has 28 heavy (non-hydrogen) atoms. The van der Waals surface area contributed by atoms with Gasteiger partial charge in [0.1, 0.15) is 0 Å². The summed E-state index contributed by atoms with van der Waals surface area (Å²) in [6.45, 7) is 1.16. The van der Waals surface area contributed by atoms with Gasteiger partial charge in [0.2, 0.25) is 5.91 Å². The van der Waals surface area contributed by atoms with Crippen LogP contribution in [0.3, 0.4) is 0 Å². The maximum absolute atomic E-state index is 11.9. The van der Waals surface area contributed by atoms with E-state index in [4.69, 9.17) is 10.7 Å². The van der Waals surface area contributed by atoms with Crippen molar-refractivity contribution in [3.8, 4) is 17.2 Å². The van der Waals surface area contributed by atoms with E-state index >= 15 is 0 Å². The number of hydrogen-bond donors (Lipinski definition) is 4. The molecule has 2 aromatic rings. The van der Waals surface area contributed by atoms with Crippen LogP contribution >= 0.6 is 0 Å². The fraction of sp³-hybridized carbons (Fsp3) is 0.318. The second-order valence-corrected chi connectivity index (χ2v) is 7.24. The molecule has 6 heteroatoms. The highest BCUT2D eigenvalue weighted by Gasteiger charge is 2.29. The van der Waals surface area contributed by atoms with Gasteiger partial charge >= 0.3 is 0 Å². The van der Waals surface area contributed by atoms with Crippen LogP contribution in [-0.4, -0.2) is 24.7 Å². The van der Waals surface area contributed by atoms with Crippen molar-refractivity contribution in [2.45, 2.75) is 25.7 Å². The number of nitrogens with one attached hydrogen (secondary N) is 4. The maximum atomic E-state index is 11.9. The van der Waals surface area contributed by atoms with E-state index in [-0.39, 0.29) is 5.91 Å². The molecule has 1 amide bonds. The molecule has 4 N–H and O–H groups in total. The zero-order valence-electron chi connectivity index (χ0n) is 15.6. The second kappa shape index (κ2) is 7.73. The lowest BCUT2D eigenvalue weighted by molar-refractivity contribution is -0.115. The second-order valence-electron chi connectivity index (χ2n) is 7.24. The topological polar surface area (TPSA) is 101 Å². The molecule has 1 fully saturated rings. The van der Waals surface area contributed by atoms with Gasteiger partial charge in [-0.05, 0) is 36.6 Å². The van der Waals surface area contributed by atoms with E-state index in [1.165, 1.54) is 0 Å². The van der Waals surface area contributed by atoms with Crippen LogP contribution < -0.4 is 16.0 Å². The number of anilines is 3. The minimum absolute atomic E-state index is 0.0108. The molecule has 0 radical (unpaired) electrons. The Bertz CT molecular complexity index is 971. The van der Waals surface area contributed by atoms with Crippen LogP contribution in [0.25, 0.3) is 11.1 Å². The Morgan fingerprint density at radius 2 is 2.14 bits per heavy atom. The fourth-order valence-corrected chi connectivity index (χ4v) is 3.53. The number of fused-ring (bicyclic) bond motifs is 1. The summed E-state index contributed by atoms with van der Waals surface area (Å²) in [5.41, 5.74) is 6.18. The first kappa shape index (κ1) is 18.1. The highest BCUT2D eigenvalue weighted by molar-refractivity contribution is 6.07. The number of para-hydroxylation sites is 1. The third-order valence-electron chi connectivity index (χ3n) is 5.15. The number of amides is 1. The monoisotopic (exact) mass is 373 g/mol. The van der Waals surface area contributed by atoms with Crippen LogP contribution in [0.2, 0.25) is 0 Å². The number of carbonyl (C=O) groups excluding carboxylic acids is 1. The Morgan fingerprint density at radius 3 is 2.93 bits per heavy atom. The number of rotatable bonds is 6. The first-order chi connectivity index (χ1) is 13.7. The van der Waals surface area contributed by atoms with E-state index in [0.717, 1.165) is 46.6 Å². The van der Waals surface area contributed by atoms with Crippen molar-refractivity contribution in [3.63, 3.8) is 0 Å². The van der Waals surface area contributed by atoms with Gasteiger partial charge in [-0.1, -0.05) is 18.2 Å². The van der Waals surface area contributed by atoms with Gasteiger partial charge in [0, 0.05) is 48.0 Å². The molecule has 1 aliphatic heterocycles. The Hall–Kier alpha value is -3.33. The number of carbonyl (C=O) groups is 1. The van der Waals surface area contributed by atoms with Crippen LogP contribution in [0.5, 0.6) is 0 Å². The molecule has 4 rings (SSSR count). The highest BCUT2D eigenvalue weighted by atomic mass is 16.1. The predicted octanol–water partition coefficient (Wildman–Crippen LogP) is 4.21. The Kier molecular flexibility index (Phi) is 4.98. The fourth-order valence-electron chi connectivity index (χ4n) is 3.53. The van der Waals surface area contributed by atoms with Gasteiger partial charge in [-0.15, -0.1) is 0 Å². The molecular formula is C22H23N5O. The molecule has 0 spiro atoms. The normalized spacial score (nSPS) is 15.5. The molecule has 0 aromatic heterocycles. The van der Waals surface area contributed by atoms with E-state index in [2.05, 4.69) is 28.1 Å². The number of hydrogen-bond acceptors (Lipinski definition) is 5. The van der Waals surface area contributed by atoms with Gasteiger partial charge in [-0.3, -0.25) is 4.79 Å². The van der Waals surface area contributed by atoms with Crippen molar-refractivity contribution in [1.29, 1.82) is 10.7 Å². The van der Waals surface area contributed by atoms with E-state index < -0.39 is 0 Å². The van der Waals surface area contributed by atoms with Gasteiger partial charge < -0.3 is 21.4 Å². The first-order valence-electron chi connectivity index (χ1n) is 9.68. The molecule has 2 aliphatic rings. The Balaban J connectivity index is 1.73. The summed E-state index contributed by atoms with van der Waals surface area (Å²) < 4.78 is 0. The molecule has 0 unspecified atom stereocenters. The summed E-state index contributed by atoms with van der Waals surface area (Å²) in [5, 5.41) is 27.0. The maximum Gasteiger partial charge on any atom is 0.226 e. The van der Waals surface area contributed by atoms with Gasteiger partial charge in [-0.2, -0.15) is 5.26 Å². The quantitative estimate of drug-likeness (QED) is 0.450. The van der Waals surface area contributed by atoms with E-state index in [1.54, 1.807) is 0 Å². The molecule has 6 nitrogen and oxygen atoms in total. The first-order valence-corrected chi connectivity index (χ1v) is 9.68. The predicted molar refractivity (Wildman–Crippen MR) is 112 cm³/mol. The molecule has 1 heterocycles. The molecule has 2 aromatic carbocycles. The largest absolute Gasteiger partial charge is 0.383 e. The van der Waals surface area contributed by atoms with Crippen molar-refractivity contribution in [1.82, 2.24) is 0 Å². The third kappa shape index (κ3) is 3.70. The van der Waals surface area contributed by atoms with Crippen LogP contribution in [0.1, 0.15) is 31.2 Å². The summed E-state index contributed by atoms with van der Waals surface area (Å²) in [4.78, 5) is 11.9. The van der Waals surface area contributed by atoms with Crippen molar-refractivity contribution in [2.75, 3.05) is 29.0 Å². The molecule has 1 saturated carbocycles. The zero-order valence-corrected chi connectivity index (χ0v) is 15.6. The number of nitrogens with zero attached hydrogens (tertiary/aromatic N) is 1. The summed E-state index contributed by atoms with van der Waals surface area (Å²) in [6, 6.07) is 14.1. The third-order valence-corrected chi connectivity index (χ3v) is 5.15. The smallest absolute Gasteiger partial charge is 0.226 e. The Morgan fingerprint density at radius 1 is 1.29 bits per heavy atom. The molecule has 0 saturated heterocycles. The van der Waals surface area contributed by atoms with Gasteiger partial charge in [0.05, 0.1) is 23.9 Å². The van der Waals surface area contributed by atoms with E-state index in [1.807, 2.05) is 30.3 Å². The molecule has 0 bridgehead atoms. The minimum Gasteiger partial charge on any atom is -0.383 e. The lowest BCUT2D eigenvalue weighted by Gasteiger charge is -2.17. The van der Waals surface area contributed by atoms with E-state index in [0.29, 0.717) is 37.6 Å². The van der Waals surface area contributed by atoms with Gasteiger partial charge in [-0.25, -0.2) is 0 Å². The van der Waals surface area contributed by atoms with Crippen LogP contribution in [-0.2, 0) is 4.79 Å². The molecular weight excluding hydrogens is 350 g/mol. The van der Waals surface area contributed by atoms with Gasteiger partial charge in [0.15, 0.2) is 0 Å². The molecule has 1 aliphatic carbocycles. The number of benzene rings is 2. The van der Waals surface area contributed by atoms with Crippen molar-refractivity contribution >= 4 is 28.7 Å². The van der Waals surface area contributed by atoms with Crippen molar-refractivity contribution in [3.05, 3.63) is 42.0 Å². The zero-order chi connectivity index (χ0) is 19.5. The van der Waals surface area contributed by atoms with Crippen LogP contribution in [0.15, 0.2) is 36.4 Å². The van der Waals surface area contributed by atoms with Crippen molar-refractivity contribution in [2.24, 2.45) is 5.92 Å². The SMILES string of the molecule is N#CCCNc1ccc(-c2cccc3c2NCCC(=O)N3)cc1C(=N)C1CC1. The lowest BCUT2D eigenvalue weighted by atomic mass is 9.96. The summed E-state index contributed by atoms with van der Waals surface area (Å²) in [6.07, 6.45) is 2.99. The van der Waals surface area contributed by atoms with Gasteiger partial charge in [0.25, 0.3) is 0 Å². The molecule has 142 valence electrons. The highest BCUT2D eigenvalue weighted by Crippen LogP contribution is 2.39. The Labute approximate surface area is 164 Å². The summed E-state index contributed by atoms with van der Waals surface area (Å²) >= 11 is 0. The summed E-state index contributed by atoms with van der Waals surface area (Å²) in [5.74, 6) is 0.341. The average molecular weight is 373 g/mol. The summed E-state index contributed by atoms with van der Waals surface area (Å²) in [7, 11) is 0. The van der Waals surface area contributed by atoms with E-state index in [9.17, 15) is 4.79 Å². The van der Waals surface area contributed by atoms with Crippen molar-refractivity contribution < 1.29 is 4.79 Å². The average Bonchev–Trinajstić information content (AvgIpc) is 3.55. The minimum atomic E-state index is 0.0108. The molecule has 0 atom stereocenters. The van der Waals surface area contributed by atoms with Crippen LogP contribution in [0.4, 0.5) is 17.1 Å². The standard InChI is InChI=1S/C22H23N5O/c23-10-2-11-25-18-8-7-15(13-17(18)21(24)14-5-6-14)16-3-1-4-19-22(16)26-12-9-20(28)27-19/h1,3-4,7-8,13-14,24-26H,2,5-6,9,11-12H2,(H,27,28). The number of nitriles is 1. The van der Waals surface area contributed by atoms with Crippen LogP contribution in [0, 0.1) is 22.7 Å². The lowest BCUT2D eigenvalue weighted by Crippen LogP contribution is -2.10.